The number of benzene rings is 1. The van der Waals surface area contributed by atoms with Crippen molar-refractivity contribution in [2.24, 2.45) is 15.0 Å². The van der Waals surface area contributed by atoms with E-state index in [0.29, 0.717) is 18.0 Å². The number of rotatable bonds is 1. The minimum absolute atomic E-state index is 0.366. The van der Waals surface area contributed by atoms with Crippen LogP contribution in [0.4, 0.5) is 5.69 Å². The lowest BCUT2D eigenvalue weighted by Crippen LogP contribution is -2.36. The predicted octanol–water partition coefficient (Wildman–Crippen LogP) is 5.61. The van der Waals surface area contributed by atoms with Crippen LogP contribution < -0.4 is 0 Å². The Morgan fingerprint density at radius 3 is 2.46 bits per heavy atom. The number of hydrogen-bond donors (Lipinski definition) is 0. The third-order valence-electron chi connectivity index (χ3n) is 6.32. The highest BCUT2D eigenvalue weighted by Gasteiger charge is 2.33. The number of hydrogen-bond acceptors (Lipinski definition) is 3. The van der Waals surface area contributed by atoms with Gasteiger partial charge in [0, 0.05) is 5.71 Å². The van der Waals surface area contributed by atoms with E-state index in [1.165, 1.54) is 23.1 Å². The fourth-order valence-corrected chi connectivity index (χ4v) is 4.44. The number of allylic oxidation sites excluding steroid dienone is 2. The molecule has 2 heterocycles. The van der Waals surface area contributed by atoms with Gasteiger partial charge in [-0.15, -0.1) is 0 Å². The average Bonchev–Trinajstić information content (AvgIpc) is 2.62. The van der Waals surface area contributed by atoms with Gasteiger partial charge < -0.3 is 0 Å². The van der Waals surface area contributed by atoms with Crippen LogP contribution in [0.2, 0.25) is 0 Å². The van der Waals surface area contributed by atoms with Crippen molar-refractivity contribution in [3.05, 3.63) is 41.0 Å². The Morgan fingerprint density at radius 2 is 1.65 bits per heavy atom. The van der Waals surface area contributed by atoms with E-state index < -0.39 is 0 Å². The molecule has 1 saturated carbocycles. The maximum Gasteiger partial charge on any atom is 0.0732 e. The van der Waals surface area contributed by atoms with Crippen LogP contribution in [0.25, 0.3) is 0 Å². The van der Waals surface area contributed by atoms with Gasteiger partial charge in [0.1, 0.15) is 0 Å². The van der Waals surface area contributed by atoms with Crippen molar-refractivity contribution in [1.29, 1.82) is 0 Å². The molecule has 2 unspecified atom stereocenters. The maximum absolute atomic E-state index is 4.95. The Kier molecular flexibility index (Phi) is 4.64. The summed E-state index contributed by atoms with van der Waals surface area (Å²) in [7, 11) is 0. The van der Waals surface area contributed by atoms with Crippen molar-refractivity contribution in [3.8, 4) is 0 Å². The van der Waals surface area contributed by atoms with Crippen LogP contribution in [0.5, 0.6) is 0 Å². The molecule has 0 aromatic heterocycles. The van der Waals surface area contributed by atoms with Crippen LogP contribution in [-0.4, -0.2) is 29.2 Å². The van der Waals surface area contributed by atoms with Gasteiger partial charge in [-0.2, -0.15) is 0 Å². The zero-order valence-electron chi connectivity index (χ0n) is 16.4. The van der Waals surface area contributed by atoms with Crippen LogP contribution in [-0.2, 0) is 6.42 Å². The number of fused-ring (bicyclic) bond motifs is 2. The maximum atomic E-state index is 4.95. The highest BCUT2D eigenvalue weighted by atomic mass is 15.0. The first-order valence-corrected chi connectivity index (χ1v) is 9.95. The molecule has 1 aromatic rings. The van der Waals surface area contributed by atoms with E-state index in [2.05, 4.69) is 52.0 Å². The highest BCUT2D eigenvalue weighted by Crippen LogP contribution is 2.39. The van der Waals surface area contributed by atoms with Crippen LogP contribution in [0.15, 0.2) is 44.8 Å². The van der Waals surface area contributed by atoms with E-state index in [1.807, 2.05) is 0 Å². The van der Waals surface area contributed by atoms with E-state index in [1.54, 1.807) is 0 Å². The smallest absolute Gasteiger partial charge is 0.0732 e. The summed E-state index contributed by atoms with van der Waals surface area (Å²) in [5, 5.41) is 0. The summed E-state index contributed by atoms with van der Waals surface area (Å²) in [4.78, 5) is 14.7. The van der Waals surface area contributed by atoms with E-state index >= 15 is 0 Å². The van der Waals surface area contributed by atoms with Gasteiger partial charge in [-0.1, -0.05) is 18.2 Å². The second-order valence-electron chi connectivity index (χ2n) is 8.08. The Morgan fingerprint density at radius 1 is 0.885 bits per heavy atom. The van der Waals surface area contributed by atoms with E-state index in [0.717, 1.165) is 48.5 Å². The minimum Gasteiger partial charge on any atom is -0.283 e. The summed E-state index contributed by atoms with van der Waals surface area (Å²) in [5.74, 6) is 0.597. The third kappa shape index (κ3) is 3.32. The summed E-state index contributed by atoms with van der Waals surface area (Å²) in [6, 6.07) is 7.72. The Bertz CT molecular complexity index is 841. The molecule has 1 aromatic carbocycles. The molecule has 0 bridgehead atoms. The Balaban J connectivity index is 1.58. The van der Waals surface area contributed by atoms with Crippen molar-refractivity contribution >= 4 is 22.8 Å². The van der Waals surface area contributed by atoms with Gasteiger partial charge in [-0.25, -0.2) is 0 Å². The van der Waals surface area contributed by atoms with Crippen LogP contribution in [0.1, 0.15) is 70.4 Å². The second-order valence-corrected chi connectivity index (χ2v) is 8.08. The third-order valence-corrected chi connectivity index (χ3v) is 6.32. The van der Waals surface area contributed by atoms with Gasteiger partial charge in [0.25, 0.3) is 0 Å². The summed E-state index contributed by atoms with van der Waals surface area (Å²) in [6.45, 7) is 8.46. The van der Waals surface area contributed by atoms with Crippen molar-refractivity contribution < 1.29 is 0 Å². The summed E-state index contributed by atoms with van der Waals surface area (Å²) in [6.07, 6.45) is 7.99. The number of aliphatic imine (C=N–C) groups is 3. The first-order valence-electron chi connectivity index (χ1n) is 9.95. The number of aryl methyl sites for hydroxylation is 1. The van der Waals surface area contributed by atoms with Gasteiger partial charge in [-0.05, 0) is 88.5 Å². The van der Waals surface area contributed by atoms with Gasteiger partial charge in [0.15, 0.2) is 0 Å². The Labute approximate surface area is 157 Å². The zero-order chi connectivity index (χ0) is 18.3. The fourth-order valence-electron chi connectivity index (χ4n) is 4.44. The summed E-state index contributed by atoms with van der Waals surface area (Å²) >= 11 is 0. The van der Waals surface area contributed by atoms with Gasteiger partial charge in [-0.3, -0.25) is 15.0 Å². The molecule has 0 N–H and O–H groups in total. The van der Waals surface area contributed by atoms with E-state index in [9.17, 15) is 0 Å². The van der Waals surface area contributed by atoms with Crippen molar-refractivity contribution in [1.82, 2.24) is 0 Å². The summed E-state index contributed by atoms with van der Waals surface area (Å²) in [5.41, 5.74) is 8.71. The molecule has 136 valence electrons. The number of nitrogens with zero attached hydrogens (tertiary/aromatic N) is 3. The van der Waals surface area contributed by atoms with Crippen LogP contribution in [0, 0.1) is 0 Å². The largest absolute Gasteiger partial charge is 0.283 e. The molecule has 3 heteroatoms. The van der Waals surface area contributed by atoms with Crippen LogP contribution >= 0.6 is 0 Å². The molecule has 1 aliphatic carbocycles. The lowest BCUT2D eigenvalue weighted by molar-refractivity contribution is 0.348. The van der Waals surface area contributed by atoms with Gasteiger partial charge >= 0.3 is 0 Å². The first-order chi connectivity index (χ1) is 12.5. The van der Waals surface area contributed by atoms with E-state index in [-0.39, 0.29) is 0 Å². The van der Waals surface area contributed by atoms with Gasteiger partial charge in [0.05, 0.1) is 29.2 Å². The molecule has 0 saturated heterocycles. The lowest BCUT2D eigenvalue weighted by atomic mass is 9.78. The molecule has 0 spiro atoms. The molecule has 0 amide bonds. The van der Waals surface area contributed by atoms with Gasteiger partial charge in [0.2, 0.25) is 0 Å². The van der Waals surface area contributed by atoms with Crippen molar-refractivity contribution in [2.75, 3.05) is 0 Å². The van der Waals surface area contributed by atoms with Crippen LogP contribution in [0.3, 0.4) is 0 Å². The zero-order valence-corrected chi connectivity index (χ0v) is 16.4. The average molecular weight is 348 g/mol. The molecule has 2 aliphatic heterocycles. The summed E-state index contributed by atoms with van der Waals surface area (Å²) < 4.78 is 0. The topological polar surface area (TPSA) is 37.1 Å². The molecule has 1 fully saturated rings. The molecule has 3 atom stereocenters. The first kappa shape index (κ1) is 17.4. The molecule has 3 aliphatic rings. The van der Waals surface area contributed by atoms with Crippen molar-refractivity contribution in [2.45, 2.75) is 77.8 Å². The Hall–Kier alpha value is -2.03. The predicted molar refractivity (Wildman–Crippen MR) is 112 cm³/mol. The molecule has 26 heavy (non-hydrogen) atoms. The molecule has 4 rings (SSSR count). The van der Waals surface area contributed by atoms with E-state index in [4.69, 9.17) is 15.0 Å². The molecule has 3 nitrogen and oxygen atoms in total. The standard InChI is InChI=1S/C23H29N3/c1-14-6-5-7-20-12-18(8-10-21(20)24-15(14)2)19-9-11-22-23(13-19)26-17(4)16(3)25-22/h6,8,10,12,19,22-23H,5,7,9,11,13H2,1-4H3/t19-,22?,23?/m1/s1. The fraction of sp³-hybridized carbons (Fsp3) is 0.522. The monoisotopic (exact) mass is 347 g/mol. The lowest BCUT2D eigenvalue weighted by Gasteiger charge is -2.35. The molecular formula is C23H29N3. The normalized spacial score (nSPS) is 28.5. The highest BCUT2D eigenvalue weighted by molar-refractivity contribution is 6.41. The SMILES string of the molecule is CC1=CCCc2cc([C@@H]3CCC4N=C(C)C(C)=NC4C3)ccc2N=C1C. The molecule has 0 radical (unpaired) electrons. The quantitative estimate of drug-likeness (QED) is 0.633. The molecular weight excluding hydrogens is 318 g/mol. The van der Waals surface area contributed by atoms with Crippen molar-refractivity contribution in [3.63, 3.8) is 0 Å². The second kappa shape index (κ2) is 6.94. The minimum atomic E-state index is 0.366.